The number of hydrogen-bond acceptors (Lipinski definition) is 6. The van der Waals surface area contributed by atoms with E-state index in [-0.39, 0.29) is 29.0 Å². The molecule has 0 aromatic heterocycles. The molecule has 0 spiro atoms. The predicted octanol–water partition coefficient (Wildman–Crippen LogP) is 9.22. The van der Waals surface area contributed by atoms with Crippen LogP contribution in [0.5, 0.6) is 11.5 Å². The second kappa shape index (κ2) is 12.2. The zero-order valence-corrected chi connectivity index (χ0v) is 25.1. The van der Waals surface area contributed by atoms with Crippen molar-refractivity contribution in [3.63, 3.8) is 0 Å². The van der Waals surface area contributed by atoms with Crippen LogP contribution in [0.3, 0.4) is 0 Å². The summed E-state index contributed by atoms with van der Waals surface area (Å²) in [6, 6.07) is 23.3. The van der Waals surface area contributed by atoms with Crippen LogP contribution in [-0.2, 0) is 11.8 Å². The molecule has 0 aliphatic rings. The maximum atomic E-state index is 13.4. The summed E-state index contributed by atoms with van der Waals surface area (Å²) in [5.41, 5.74) is 4.66. The number of rotatable bonds is 8. The number of amides is 1. The number of hydrogen-bond donors (Lipinski definition) is 3. The molecular weight excluding hydrogens is 532 g/mol. The van der Waals surface area contributed by atoms with Crippen molar-refractivity contribution in [2.45, 2.75) is 69.1 Å². The standard InChI is InChI=1S/C34H36N2O4S/c1-20(2)25-12-8-7-11-22(25)18-23-19-26(31(37)32(38)30(23)36-40)33(39)35-28-16-15-24(17-21(28)3)41-29-14-10-9-13-27(29)34(4,5)6/h7-17,19-20,37-38H,18H2,1-6H3,(H,35,39). The molecule has 7 heteroatoms. The van der Waals surface area contributed by atoms with E-state index in [1.165, 1.54) is 16.5 Å². The van der Waals surface area contributed by atoms with Crippen LogP contribution in [0.25, 0.3) is 0 Å². The van der Waals surface area contributed by atoms with E-state index >= 15 is 0 Å². The Kier molecular flexibility index (Phi) is 8.88. The van der Waals surface area contributed by atoms with E-state index in [0.29, 0.717) is 11.3 Å². The van der Waals surface area contributed by atoms with Crippen molar-refractivity contribution < 1.29 is 15.0 Å². The van der Waals surface area contributed by atoms with Crippen LogP contribution in [0.4, 0.5) is 11.4 Å². The van der Waals surface area contributed by atoms with Crippen LogP contribution in [0.2, 0.25) is 0 Å². The molecule has 1 amide bonds. The monoisotopic (exact) mass is 568 g/mol. The topological polar surface area (TPSA) is 99.0 Å². The van der Waals surface area contributed by atoms with Gasteiger partial charge in [0.25, 0.3) is 5.91 Å². The zero-order chi connectivity index (χ0) is 29.9. The molecule has 0 saturated carbocycles. The summed E-state index contributed by atoms with van der Waals surface area (Å²) in [5.74, 6) is -1.75. The molecule has 0 aliphatic heterocycles. The molecule has 0 radical (unpaired) electrons. The van der Waals surface area contributed by atoms with Crippen molar-refractivity contribution in [2.24, 2.45) is 5.18 Å². The van der Waals surface area contributed by atoms with Gasteiger partial charge in [0, 0.05) is 21.9 Å². The fraction of sp³-hybridized carbons (Fsp3) is 0.265. The number of aryl methyl sites for hydroxylation is 1. The molecule has 3 N–H and O–H groups in total. The predicted molar refractivity (Wildman–Crippen MR) is 167 cm³/mol. The first-order valence-corrected chi connectivity index (χ1v) is 14.4. The molecule has 41 heavy (non-hydrogen) atoms. The van der Waals surface area contributed by atoms with Gasteiger partial charge in [0.2, 0.25) is 0 Å². The van der Waals surface area contributed by atoms with Crippen molar-refractivity contribution in [2.75, 3.05) is 5.32 Å². The summed E-state index contributed by atoms with van der Waals surface area (Å²) < 4.78 is 0. The number of phenols is 2. The van der Waals surface area contributed by atoms with Crippen LogP contribution in [0.15, 0.2) is 87.8 Å². The maximum absolute atomic E-state index is 13.4. The van der Waals surface area contributed by atoms with E-state index in [9.17, 15) is 19.9 Å². The van der Waals surface area contributed by atoms with Gasteiger partial charge >= 0.3 is 0 Å². The number of carbonyl (C=O) groups excluding carboxylic acids is 1. The summed E-state index contributed by atoms with van der Waals surface area (Å²) in [6.07, 6.45) is 0.268. The summed E-state index contributed by atoms with van der Waals surface area (Å²) in [4.78, 5) is 27.2. The molecule has 0 unspecified atom stereocenters. The number of benzene rings is 4. The minimum atomic E-state index is -0.703. The van der Waals surface area contributed by atoms with Crippen LogP contribution >= 0.6 is 11.8 Å². The van der Waals surface area contributed by atoms with E-state index in [0.717, 1.165) is 21.6 Å². The number of nitrogens with one attached hydrogen (secondary N) is 1. The lowest BCUT2D eigenvalue weighted by Gasteiger charge is -2.22. The summed E-state index contributed by atoms with van der Waals surface area (Å²) in [5, 5.41) is 27.1. The van der Waals surface area contributed by atoms with E-state index < -0.39 is 17.4 Å². The molecule has 0 atom stereocenters. The third-order valence-corrected chi connectivity index (χ3v) is 8.15. The third-order valence-electron chi connectivity index (χ3n) is 7.09. The van der Waals surface area contributed by atoms with Crippen LogP contribution < -0.4 is 5.32 Å². The Morgan fingerprint density at radius 2 is 1.61 bits per heavy atom. The van der Waals surface area contributed by atoms with Gasteiger partial charge in [-0.2, -0.15) is 0 Å². The molecule has 4 aromatic carbocycles. The van der Waals surface area contributed by atoms with Gasteiger partial charge in [-0.3, -0.25) is 4.79 Å². The number of carbonyl (C=O) groups is 1. The maximum Gasteiger partial charge on any atom is 0.259 e. The molecule has 212 valence electrons. The van der Waals surface area contributed by atoms with Crippen molar-refractivity contribution in [1.82, 2.24) is 0 Å². The molecule has 0 heterocycles. The smallest absolute Gasteiger partial charge is 0.259 e. The SMILES string of the molecule is Cc1cc(Sc2ccccc2C(C)(C)C)ccc1NC(=O)c1cc(Cc2ccccc2C(C)C)c(N=O)c(O)c1O. The fourth-order valence-corrected chi connectivity index (χ4v) is 6.16. The Balaban J connectivity index is 1.62. The molecule has 0 fully saturated rings. The number of nitroso groups, excluding NO2 is 1. The van der Waals surface area contributed by atoms with Gasteiger partial charge in [-0.25, -0.2) is 0 Å². The fourth-order valence-electron chi connectivity index (χ4n) is 4.91. The van der Waals surface area contributed by atoms with Crippen molar-refractivity contribution in [1.29, 1.82) is 0 Å². The first-order chi connectivity index (χ1) is 19.4. The lowest BCUT2D eigenvalue weighted by atomic mass is 9.87. The molecular formula is C34H36N2O4S. The molecule has 0 saturated heterocycles. The molecule has 6 nitrogen and oxygen atoms in total. The van der Waals surface area contributed by atoms with Gasteiger partial charge in [-0.1, -0.05) is 88.8 Å². The van der Waals surface area contributed by atoms with E-state index in [4.69, 9.17) is 0 Å². The summed E-state index contributed by atoms with van der Waals surface area (Å²) >= 11 is 1.67. The van der Waals surface area contributed by atoms with Gasteiger partial charge in [-0.05, 0) is 81.6 Å². The normalized spacial score (nSPS) is 11.5. The second-order valence-electron chi connectivity index (χ2n) is 11.5. The molecule has 4 aromatic rings. The first-order valence-electron chi connectivity index (χ1n) is 13.6. The van der Waals surface area contributed by atoms with Crippen molar-refractivity contribution >= 4 is 29.0 Å². The second-order valence-corrected chi connectivity index (χ2v) is 12.6. The Bertz CT molecular complexity index is 1610. The highest BCUT2D eigenvalue weighted by molar-refractivity contribution is 7.99. The van der Waals surface area contributed by atoms with Crippen LogP contribution in [0, 0.1) is 11.8 Å². The number of nitrogens with zero attached hydrogens (tertiary/aromatic N) is 1. The van der Waals surface area contributed by atoms with E-state index in [1.54, 1.807) is 11.8 Å². The number of aromatic hydroxyl groups is 2. The van der Waals surface area contributed by atoms with Crippen LogP contribution in [-0.4, -0.2) is 16.1 Å². The number of phenolic OH excluding ortho intramolecular Hbond substituents is 2. The van der Waals surface area contributed by atoms with Crippen molar-refractivity contribution in [3.05, 3.63) is 111 Å². The molecule has 4 rings (SSSR count). The van der Waals surface area contributed by atoms with E-state index in [1.807, 2.05) is 61.5 Å². The Hall–Kier alpha value is -4.10. The Morgan fingerprint density at radius 3 is 2.27 bits per heavy atom. The van der Waals surface area contributed by atoms with Gasteiger partial charge < -0.3 is 15.5 Å². The van der Waals surface area contributed by atoms with Crippen LogP contribution in [0.1, 0.15) is 78.7 Å². The number of anilines is 1. The van der Waals surface area contributed by atoms with Gasteiger partial charge in [0.1, 0.15) is 0 Å². The summed E-state index contributed by atoms with van der Waals surface area (Å²) in [7, 11) is 0. The summed E-state index contributed by atoms with van der Waals surface area (Å²) in [6.45, 7) is 12.6. The largest absolute Gasteiger partial charge is 0.504 e. The average Bonchev–Trinajstić information content (AvgIpc) is 2.92. The average molecular weight is 569 g/mol. The minimum absolute atomic E-state index is 0.00471. The van der Waals surface area contributed by atoms with Crippen molar-refractivity contribution in [3.8, 4) is 11.5 Å². The lowest BCUT2D eigenvalue weighted by Crippen LogP contribution is -2.14. The highest BCUT2D eigenvalue weighted by Gasteiger charge is 2.24. The quantitative estimate of drug-likeness (QED) is 0.145. The lowest BCUT2D eigenvalue weighted by molar-refractivity contribution is 0.102. The molecule has 0 bridgehead atoms. The first kappa shape index (κ1) is 29.9. The third kappa shape index (κ3) is 6.63. The zero-order valence-electron chi connectivity index (χ0n) is 24.3. The van der Waals surface area contributed by atoms with E-state index in [2.05, 4.69) is 57.2 Å². The van der Waals surface area contributed by atoms with Gasteiger partial charge in [-0.15, -0.1) is 4.91 Å². The highest BCUT2D eigenvalue weighted by Crippen LogP contribution is 2.43. The van der Waals surface area contributed by atoms with Gasteiger partial charge in [0.05, 0.1) is 5.56 Å². The Morgan fingerprint density at radius 1 is 0.927 bits per heavy atom. The van der Waals surface area contributed by atoms with Gasteiger partial charge in [0.15, 0.2) is 17.2 Å². The minimum Gasteiger partial charge on any atom is -0.504 e. The Labute approximate surface area is 245 Å². The molecule has 0 aliphatic carbocycles. The highest BCUT2D eigenvalue weighted by atomic mass is 32.2.